The van der Waals surface area contributed by atoms with Crippen molar-refractivity contribution < 1.29 is 118 Å². The van der Waals surface area contributed by atoms with Crippen LogP contribution in [0.1, 0.15) is 182 Å². The monoisotopic (exact) mass is 1710 g/mol. The van der Waals surface area contributed by atoms with Crippen molar-refractivity contribution in [2.45, 2.75) is 252 Å². The number of nitrogens with one attached hydrogen (secondary N) is 2. The van der Waals surface area contributed by atoms with Crippen molar-refractivity contribution in [2.75, 3.05) is 36.7 Å². The number of hydrogen-bond donors (Lipinski definition) is 5. The van der Waals surface area contributed by atoms with Crippen molar-refractivity contribution in [1.29, 1.82) is 0 Å². The van der Waals surface area contributed by atoms with Gasteiger partial charge in [-0.1, -0.05) is 146 Å². The Kier molecular flexibility index (Phi) is 27.3. The lowest BCUT2D eigenvalue weighted by Gasteiger charge is -2.68. The Morgan fingerprint density at radius 2 is 0.855 bits per heavy atom. The number of amides is 2. The summed E-state index contributed by atoms with van der Waals surface area (Å²) in [6, 6.07) is 23.9. The SMILES string of the molecule is CC1=C2[C@@H](OC(=O)CCl)C(=O)[C@@]3(C)C([C@H](C)[C@](O)(C[C@@H]1OC(=O)[C@H](O)[C@@H](NC(=O)OC(C)(C)C)c1ccccc1)C2(C)C)[C@]1(C)CO[C@@H]1C[C@@H]3OC(=O)CCl.CC1=C2[C@@H](OC(=O)CCl)C(=O)[C@@]3(C)C([C@H](C)[C@](O)(C[C@@H]1OC(=O)[C@H](OCc1ccccc1)[C@@H](NC(=O)OC(C)(C)C)c1ccccc1)C2(C)C)[C@]1(C)CO[C@@H]1C[C@@H]3OC(=O)CCl.[2HH].[2HH]. The lowest BCUT2D eigenvalue weighted by molar-refractivity contribution is -0.304. The second-order valence-electron chi connectivity index (χ2n) is 36.4. The van der Waals surface area contributed by atoms with Gasteiger partial charge in [0.25, 0.3) is 0 Å². The first-order valence-corrected chi connectivity index (χ1v) is 41.7. The smallest absolute Gasteiger partial charge is 0.408 e. The maximum absolute atomic E-state index is 15.6. The van der Waals surface area contributed by atoms with Crippen LogP contribution in [0, 0.1) is 56.2 Å². The van der Waals surface area contributed by atoms with Crippen LogP contribution in [-0.4, -0.2) is 195 Å². The van der Waals surface area contributed by atoms with Crippen LogP contribution in [0.4, 0.5) is 9.59 Å². The topological polar surface area (TPSA) is 357 Å². The van der Waals surface area contributed by atoms with Crippen LogP contribution in [0.3, 0.4) is 0 Å². The average molecular weight is 1720 g/mol. The average Bonchev–Trinajstić information content (AvgIpc) is 0.676. The molecule has 117 heavy (non-hydrogen) atoms. The second kappa shape index (κ2) is 34.7. The van der Waals surface area contributed by atoms with E-state index in [2.05, 4.69) is 10.6 Å². The number of aliphatic hydroxyl groups is 3. The number of ether oxygens (including phenoxy) is 11. The third-order valence-corrected chi connectivity index (χ3v) is 27.4. The van der Waals surface area contributed by atoms with Crippen molar-refractivity contribution in [3.63, 3.8) is 0 Å². The summed E-state index contributed by atoms with van der Waals surface area (Å²) in [5.74, 6) is -11.5. The first-order valence-electron chi connectivity index (χ1n) is 39.5. The number of esters is 6. The van der Waals surface area contributed by atoms with E-state index in [0.717, 1.165) is 5.56 Å². The molecule has 4 bridgehead atoms. The van der Waals surface area contributed by atoms with E-state index in [1.54, 1.807) is 158 Å². The zero-order valence-corrected chi connectivity index (χ0v) is 72.6. The zero-order valence-electron chi connectivity index (χ0n) is 69.6. The van der Waals surface area contributed by atoms with Gasteiger partial charge in [0.15, 0.2) is 36.0 Å². The molecule has 6 aliphatic carbocycles. The van der Waals surface area contributed by atoms with Crippen LogP contribution in [0.2, 0.25) is 0 Å². The van der Waals surface area contributed by atoms with Gasteiger partial charge in [0.2, 0.25) is 0 Å². The van der Waals surface area contributed by atoms with E-state index in [1.165, 1.54) is 0 Å². The second-order valence-corrected chi connectivity index (χ2v) is 37.5. The van der Waals surface area contributed by atoms with Crippen molar-refractivity contribution in [3.05, 3.63) is 130 Å². The third-order valence-electron chi connectivity index (χ3n) is 26.5. The lowest BCUT2D eigenvalue weighted by atomic mass is 9.40. The van der Waals surface area contributed by atoms with E-state index in [-0.39, 0.29) is 59.5 Å². The first-order chi connectivity index (χ1) is 54.5. The van der Waals surface area contributed by atoms with Gasteiger partial charge in [-0.15, -0.1) is 46.4 Å². The Labute approximate surface area is 706 Å². The number of carbonyl (C=O) groups excluding carboxylic acids is 10. The van der Waals surface area contributed by atoms with Gasteiger partial charge in [-0.25, -0.2) is 19.2 Å². The minimum atomic E-state index is -1.95. The zero-order chi connectivity index (χ0) is 86.6. The number of Topliss-reactive ketones (excluding diaryl/α,β-unsaturated/α-hetero) is 2. The highest BCUT2D eigenvalue weighted by Gasteiger charge is 2.77. The number of benzene rings is 3. The lowest BCUT2D eigenvalue weighted by Crippen LogP contribution is -2.75. The number of halogens is 4. The molecule has 2 unspecified atom stereocenters. The molecule has 30 heteroatoms. The molecule has 2 amide bonds. The fraction of sp³-hybridized carbons (Fsp3) is 0.632. The summed E-state index contributed by atoms with van der Waals surface area (Å²) in [6.07, 6.45) is -13.8. The summed E-state index contributed by atoms with van der Waals surface area (Å²) in [7, 11) is 0. The number of aliphatic hydroxyl groups excluding tert-OH is 1. The predicted molar refractivity (Wildman–Crippen MR) is 433 cm³/mol. The van der Waals surface area contributed by atoms with Gasteiger partial charge >= 0.3 is 48.0 Å². The Hall–Kier alpha value is -7.24. The summed E-state index contributed by atoms with van der Waals surface area (Å²) in [4.78, 5) is 138. The van der Waals surface area contributed by atoms with Crippen molar-refractivity contribution in [1.82, 2.24) is 10.6 Å². The van der Waals surface area contributed by atoms with Gasteiger partial charge in [0.05, 0.1) is 66.1 Å². The number of alkyl carbamates (subject to hydrolysis) is 2. The number of rotatable bonds is 21. The molecule has 0 spiro atoms. The van der Waals surface area contributed by atoms with Crippen molar-refractivity contribution >= 4 is 106 Å². The summed E-state index contributed by atoms with van der Waals surface area (Å²) < 4.78 is 65.8. The standard InChI is InChI=1S/C47H59Cl2NO12.C40H53Cl2NO12.2H2/c1-26-30(59-41(54)38(57-24-28-16-12-10-13-17-28)36(29-18-14-11-15-19-29)50-42(55)62-43(3,4)5)21-47(56)27(2)39-45(8)25-58-31(45)20-32(60-33(51)22-48)46(39,9)40(53)37(61-34(52)23-49)35(26)44(47,6)7;1-20-23(52-34(48)30(46)29(22-13-11-10-12-14-22)43-35(49)55-36(3,4)5)16-40(50)21(2)32-38(8)19-51-24(38)15-25(53-26(44)17-41)39(32,9)33(47)31(54-27(45)18-42)28(20)37(40,6)7;;/h10-19,27,30-32,36-39,56H,20-25H2,1-9H3,(H,50,55);10-14,21,23-25,29-32,46,50H,15-19H2,1-9H3,(H,43,49);2*1H/t27-,30-,31+,32-,36-,37+,38+,39?,45+,46+,47+;21-,23-,24+,25-,29-,30+,31+,32?,38+,39+,40+;;/m00../s1/i;;2*1+1. The maximum atomic E-state index is 15.6. The summed E-state index contributed by atoms with van der Waals surface area (Å²) >= 11 is 23.8. The molecule has 2 aliphatic heterocycles. The van der Waals surface area contributed by atoms with E-state index in [0.29, 0.717) is 22.3 Å². The van der Waals surface area contributed by atoms with Crippen LogP contribution >= 0.6 is 46.4 Å². The van der Waals surface area contributed by atoms with Gasteiger partial charge in [-0.3, -0.25) is 28.8 Å². The predicted octanol–water partition coefficient (Wildman–Crippen LogP) is 12.6. The van der Waals surface area contributed by atoms with Crippen LogP contribution in [0.15, 0.2) is 113 Å². The molecule has 2 saturated heterocycles. The molecular weight excluding hydrogens is 1600 g/mol. The molecule has 22 atom stereocenters. The first kappa shape index (κ1) is 92.1. The number of fused-ring (bicyclic) bond motifs is 10. The molecule has 3 aromatic carbocycles. The molecule has 646 valence electrons. The number of ketones is 2. The van der Waals surface area contributed by atoms with Crippen LogP contribution in [0.5, 0.6) is 0 Å². The Bertz CT molecular complexity index is 4340. The fourth-order valence-electron chi connectivity index (χ4n) is 20.8. The molecule has 3 aromatic rings. The van der Waals surface area contributed by atoms with E-state index >= 15 is 9.59 Å². The molecule has 0 radical (unpaired) electrons. The molecule has 6 fully saturated rings. The number of hydrogen-bond acceptors (Lipinski definition) is 24. The molecule has 5 N–H and O–H groups in total. The summed E-state index contributed by atoms with van der Waals surface area (Å²) in [5.41, 5.74) is -9.55. The van der Waals surface area contributed by atoms with E-state index < -0.39 is 235 Å². The third kappa shape index (κ3) is 17.3. The number of carbonyl (C=O) groups is 10. The Morgan fingerprint density at radius 1 is 0.513 bits per heavy atom. The minimum Gasteiger partial charge on any atom is -0.460 e. The fourth-order valence-corrected chi connectivity index (χ4v) is 21.0. The Morgan fingerprint density at radius 3 is 1.21 bits per heavy atom. The molecule has 0 aromatic heterocycles. The molecule has 26 nitrogen and oxygen atoms in total. The van der Waals surface area contributed by atoms with Gasteiger partial charge < -0.3 is 78.1 Å². The van der Waals surface area contributed by atoms with E-state index in [1.807, 2.05) is 58.0 Å². The van der Waals surface area contributed by atoms with Crippen LogP contribution in [0.25, 0.3) is 0 Å². The van der Waals surface area contributed by atoms with Crippen molar-refractivity contribution in [3.8, 4) is 0 Å². The molecule has 2 heterocycles. The molecular formula is C87H116Cl4N2O24. The highest BCUT2D eigenvalue weighted by atomic mass is 35.5. The van der Waals surface area contributed by atoms with Crippen LogP contribution in [-0.2, 0) is 97.1 Å². The highest BCUT2D eigenvalue weighted by Crippen LogP contribution is 2.70. The quantitative estimate of drug-likeness (QED) is 0.0286. The van der Waals surface area contributed by atoms with Gasteiger partial charge in [0.1, 0.15) is 59.1 Å². The van der Waals surface area contributed by atoms with E-state index in [9.17, 15) is 53.7 Å². The molecule has 11 rings (SSSR count). The Balaban J connectivity index is 0.000000294. The highest BCUT2D eigenvalue weighted by molar-refractivity contribution is 6.27. The molecule has 8 aliphatic rings. The normalized spacial score (nSPS) is 33.5. The number of alkyl halides is 4. The molecule has 4 saturated carbocycles. The van der Waals surface area contributed by atoms with Gasteiger partial charge in [-0.2, -0.15) is 0 Å². The minimum absolute atomic E-state index is 0. The van der Waals surface area contributed by atoms with Crippen molar-refractivity contribution in [2.24, 2.45) is 56.2 Å². The largest absolute Gasteiger partial charge is 0.460 e. The summed E-state index contributed by atoms with van der Waals surface area (Å²) in [5, 5.41) is 43.8. The van der Waals surface area contributed by atoms with Crippen LogP contribution < -0.4 is 10.6 Å². The maximum Gasteiger partial charge on any atom is 0.408 e. The summed E-state index contributed by atoms with van der Waals surface area (Å²) in [6.45, 7) is 32.0. The van der Waals surface area contributed by atoms with Gasteiger partial charge in [0, 0.05) is 50.2 Å². The van der Waals surface area contributed by atoms with E-state index in [4.69, 9.17) is 98.5 Å². The van der Waals surface area contributed by atoms with Gasteiger partial charge in [-0.05, 0) is 132 Å².